The third-order valence-electron chi connectivity index (χ3n) is 8.94. The summed E-state index contributed by atoms with van der Waals surface area (Å²) < 4.78 is 5.62. The van der Waals surface area contributed by atoms with Crippen molar-refractivity contribution in [1.82, 2.24) is 29.7 Å². The first-order valence-corrected chi connectivity index (χ1v) is 17.2. The Bertz CT molecular complexity index is 1910. The third kappa shape index (κ3) is 7.84. The van der Waals surface area contributed by atoms with E-state index in [4.69, 9.17) is 14.6 Å². The minimum atomic E-state index is -0.572. The summed E-state index contributed by atoms with van der Waals surface area (Å²) in [6.45, 7) is 10.9. The fraction of sp³-hybridized carbons (Fsp3) is 0.447. The quantitative estimate of drug-likeness (QED) is 0.0693. The molecule has 12 heteroatoms. The number of hydrogen-bond acceptors (Lipinski definition) is 8. The van der Waals surface area contributed by atoms with E-state index in [-0.39, 0.29) is 30.0 Å². The van der Waals surface area contributed by atoms with E-state index in [1.165, 1.54) is 13.5 Å². The number of carbonyl (C=O) groups excluding carboxylic acids is 2. The average molecular weight is 680 g/mol. The van der Waals surface area contributed by atoms with Gasteiger partial charge in [-0.1, -0.05) is 37.8 Å². The maximum absolute atomic E-state index is 13.5. The minimum Gasteiger partial charge on any atom is -0.444 e. The summed E-state index contributed by atoms with van der Waals surface area (Å²) >= 11 is 0. The minimum absolute atomic E-state index is 0.00729. The van der Waals surface area contributed by atoms with Crippen molar-refractivity contribution < 1.29 is 24.1 Å². The van der Waals surface area contributed by atoms with Crippen molar-refractivity contribution in [2.75, 3.05) is 20.2 Å². The molecule has 12 nitrogen and oxygen atoms in total. The normalized spacial score (nSPS) is 18.5. The number of fused-ring (bicyclic) bond motifs is 1. The zero-order valence-corrected chi connectivity index (χ0v) is 29.5. The van der Waals surface area contributed by atoms with Gasteiger partial charge in [-0.05, 0) is 88.3 Å². The molecule has 50 heavy (non-hydrogen) atoms. The van der Waals surface area contributed by atoms with Crippen LogP contribution in [-0.2, 0) is 19.3 Å². The Morgan fingerprint density at radius 3 is 2.34 bits per heavy atom. The predicted octanol–water partition coefficient (Wildman–Crippen LogP) is 6.72. The van der Waals surface area contributed by atoms with Gasteiger partial charge in [-0.2, -0.15) is 4.89 Å². The summed E-state index contributed by atoms with van der Waals surface area (Å²) in [7, 11) is 1.39. The van der Waals surface area contributed by atoms with Gasteiger partial charge in [-0.3, -0.25) is 9.69 Å². The summed E-state index contributed by atoms with van der Waals surface area (Å²) in [6, 6.07) is 13.0. The van der Waals surface area contributed by atoms with Crippen LogP contribution < -0.4 is 0 Å². The maximum Gasteiger partial charge on any atom is 0.410 e. The highest BCUT2D eigenvalue weighted by Crippen LogP contribution is 2.34. The summed E-state index contributed by atoms with van der Waals surface area (Å²) in [5.41, 5.74) is 4.75. The van der Waals surface area contributed by atoms with Crippen molar-refractivity contribution in [3.8, 4) is 23.1 Å². The number of imidazole rings is 2. The summed E-state index contributed by atoms with van der Waals surface area (Å²) in [4.78, 5) is 60.0. The Labute approximate surface area is 292 Å². The van der Waals surface area contributed by atoms with Crippen molar-refractivity contribution >= 4 is 29.4 Å². The van der Waals surface area contributed by atoms with E-state index in [0.29, 0.717) is 13.1 Å². The summed E-state index contributed by atoms with van der Waals surface area (Å²) in [5.74, 6) is 8.00. The third-order valence-corrected chi connectivity index (χ3v) is 8.94. The number of aromatic amines is 2. The highest BCUT2D eigenvalue weighted by atomic mass is 17.2. The first-order valence-electron chi connectivity index (χ1n) is 17.2. The number of ether oxygens (including phenoxy) is 1. The Morgan fingerprint density at radius 2 is 1.64 bits per heavy atom. The van der Waals surface area contributed by atoms with E-state index in [1.54, 1.807) is 4.90 Å². The second-order valence-corrected chi connectivity index (χ2v) is 14.1. The first kappa shape index (κ1) is 34.7. The second kappa shape index (κ2) is 14.8. The molecule has 2 aromatic carbocycles. The number of hydrogen-bond donors (Lipinski definition) is 2. The van der Waals surface area contributed by atoms with Crippen molar-refractivity contribution in [1.29, 1.82) is 0 Å². The van der Waals surface area contributed by atoms with Gasteiger partial charge in [0.1, 0.15) is 23.3 Å². The number of aromatic nitrogens is 4. The Hall–Kier alpha value is -5.15. The molecule has 2 N–H and O–H groups in total. The van der Waals surface area contributed by atoms with Gasteiger partial charge in [-0.25, -0.2) is 19.8 Å². The Morgan fingerprint density at radius 1 is 0.960 bits per heavy atom. The largest absolute Gasteiger partial charge is 0.444 e. The lowest BCUT2D eigenvalue weighted by atomic mass is 10.0. The molecule has 2 saturated heterocycles. The number of aliphatic imine (C=N–C) groups is 1. The molecule has 3 atom stereocenters. The lowest BCUT2D eigenvalue weighted by molar-refractivity contribution is -0.188. The van der Waals surface area contributed by atoms with E-state index >= 15 is 0 Å². The van der Waals surface area contributed by atoms with Gasteiger partial charge in [0, 0.05) is 24.2 Å². The fourth-order valence-electron chi connectivity index (χ4n) is 6.52. The number of benzene rings is 2. The standard InChI is InChI=1S/C38H45N7O5/c1-24(2)33(40-23-49-48-6)36(46)44-19-7-10-32(44)35-41-28-18-15-26(21-29(28)42-35)12-11-25-13-16-27(17-14-25)30-22-39-34(43-30)31-9-8-20-45(31)37(47)50-38(3,4)5/h13-18,21-24,31-33H,7-10,19-20H2,1-6H3,(H,39,43)(H,41,42)/t31-,32-,33-/m0/s1. The van der Waals surface area contributed by atoms with E-state index in [9.17, 15) is 9.59 Å². The smallest absolute Gasteiger partial charge is 0.410 e. The molecule has 4 heterocycles. The lowest BCUT2D eigenvalue weighted by Gasteiger charge is -2.27. The Balaban J connectivity index is 1.12. The molecule has 2 aliphatic heterocycles. The molecule has 2 fully saturated rings. The molecule has 2 amide bonds. The lowest BCUT2D eigenvalue weighted by Crippen LogP contribution is -2.40. The van der Waals surface area contributed by atoms with Gasteiger partial charge < -0.3 is 24.5 Å². The maximum atomic E-state index is 13.5. The van der Waals surface area contributed by atoms with E-state index in [1.807, 2.05) is 88.2 Å². The molecular weight excluding hydrogens is 634 g/mol. The van der Waals surface area contributed by atoms with Crippen LogP contribution in [-0.4, -0.2) is 80.0 Å². The van der Waals surface area contributed by atoms with Gasteiger partial charge in [0.2, 0.25) is 12.3 Å². The van der Waals surface area contributed by atoms with Gasteiger partial charge in [0.15, 0.2) is 0 Å². The van der Waals surface area contributed by atoms with Crippen molar-refractivity contribution in [2.45, 2.75) is 84.0 Å². The molecule has 2 aliphatic rings. The number of rotatable bonds is 8. The highest BCUT2D eigenvalue weighted by Gasteiger charge is 2.37. The number of carbonyl (C=O) groups is 2. The molecule has 0 unspecified atom stereocenters. The van der Waals surface area contributed by atoms with E-state index in [2.05, 4.69) is 36.7 Å². The van der Waals surface area contributed by atoms with Crippen LogP contribution in [0.2, 0.25) is 0 Å². The van der Waals surface area contributed by atoms with Crippen molar-refractivity contribution in [3.05, 3.63) is 71.4 Å². The van der Waals surface area contributed by atoms with Crippen molar-refractivity contribution in [3.63, 3.8) is 0 Å². The molecule has 262 valence electrons. The monoisotopic (exact) mass is 679 g/mol. The molecule has 0 bridgehead atoms. The number of likely N-dealkylation sites (tertiary alicyclic amines) is 2. The average Bonchev–Trinajstić information content (AvgIpc) is 3.90. The van der Waals surface area contributed by atoms with Crippen molar-refractivity contribution in [2.24, 2.45) is 10.9 Å². The zero-order chi connectivity index (χ0) is 35.4. The van der Waals surface area contributed by atoms with Gasteiger partial charge in [0.05, 0.1) is 42.1 Å². The SMILES string of the molecule is COOC=N[C@H](C(=O)N1CCC[C@H]1c1nc2ccc(C#Cc3ccc(-c4cnc([C@@H]5CCCN5C(=O)OC(C)(C)C)[nH]4)cc3)cc2[nH]1)C(C)C. The highest BCUT2D eigenvalue weighted by molar-refractivity contribution is 5.84. The van der Waals surface area contributed by atoms with Crippen LogP contribution in [0.25, 0.3) is 22.3 Å². The van der Waals surface area contributed by atoms with E-state index in [0.717, 1.165) is 70.7 Å². The molecule has 0 saturated carbocycles. The van der Waals surface area contributed by atoms with Crippen LogP contribution in [0.1, 0.15) is 95.2 Å². The number of amides is 2. The van der Waals surface area contributed by atoms with Crippen LogP contribution in [0.5, 0.6) is 0 Å². The van der Waals surface area contributed by atoms with Crippen LogP contribution in [0, 0.1) is 17.8 Å². The van der Waals surface area contributed by atoms with Gasteiger partial charge in [-0.15, -0.1) is 0 Å². The van der Waals surface area contributed by atoms with Gasteiger partial charge in [0.25, 0.3) is 0 Å². The Kier molecular flexibility index (Phi) is 10.2. The second-order valence-electron chi connectivity index (χ2n) is 14.1. The van der Waals surface area contributed by atoms with Gasteiger partial charge >= 0.3 is 6.09 Å². The van der Waals surface area contributed by atoms with Crippen LogP contribution >= 0.6 is 0 Å². The van der Waals surface area contributed by atoms with Crippen LogP contribution in [0.4, 0.5) is 4.79 Å². The number of H-pyrrole nitrogens is 2. The first-order chi connectivity index (χ1) is 24.0. The van der Waals surface area contributed by atoms with Crippen LogP contribution in [0.3, 0.4) is 0 Å². The number of nitrogens with zero attached hydrogens (tertiary/aromatic N) is 5. The predicted molar refractivity (Wildman–Crippen MR) is 190 cm³/mol. The molecule has 2 aromatic heterocycles. The summed E-state index contributed by atoms with van der Waals surface area (Å²) in [5, 5.41) is 0. The fourth-order valence-corrected chi connectivity index (χ4v) is 6.52. The molecule has 0 aliphatic carbocycles. The molecule has 4 aromatic rings. The molecule has 0 radical (unpaired) electrons. The number of nitrogens with one attached hydrogen (secondary N) is 2. The summed E-state index contributed by atoms with van der Waals surface area (Å²) in [6.07, 6.45) is 6.14. The molecular formula is C38H45N7O5. The zero-order valence-electron chi connectivity index (χ0n) is 29.5. The van der Waals surface area contributed by atoms with E-state index < -0.39 is 11.6 Å². The topological polar surface area (TPSA) is 138 Å². The molecule has 6 rings (SSSR count). The van der Waals surface area contributed by atoms with Crippen LogP contribution in [0.15, 0.2) is 53.7 Å². The molecule has 0 spiro atoms.